The van der Waals surface area contributed by atoms with Gasteiger partial charge in [0.2, 0.25) is 5.28 Å². The van der Waals surface area contributed by atoms with E-state index in [2.05, 4.69) is 25.0 Å². The Morgan fingerprint density at radius 3 is 3.05 bits per heavy atom. The van der Waals surface area contributed by atoms with Crippen LogP contribution in [0.5, 0.6) is 0 Å². The lowest BCUT2D eigenvalue weighted by Crippen LogP contribution is -1.95. The van der Waals surface area contributed by atoms with Crippen molar-refractivity contribution >= 4 is 33.7 Å². The molecule has 6 nitrogen and oxygen atoms in total. The number of benzene rings is 1. The molecule has 0 aliphatic rings. The molecule has 0 radical (unpaired) electrons. The van der Waals surface area contributed by atoms with Crippen LogP contribution in [-0.4, -0.2) is 29.7 Å². The molecule has 0 aliphatic carbocycles. The molecule has 4 aromatic rings. The minimum Gasteiger partial charge on any atom is -0.345 e. The maximum Gasteiger partial charge on any atom is 0.225 e. The summed E-state index contributed by atoms with van der Waals surface area (Å²) in [7, 11) is 1.82. The van der Waals surface area contributed by atoms with Gasteiger partial charge in [-0.3, -0.25) is 4.68 Å². The molecule has 0 spiro atoms. The highest BCUT2D eigenvalue weighted by Crippen LogP contribution is 2.30. The average Bonchev–Trinajstić information content (AvgIpc) is 3.05. The molecule has 3 heterocycles. The van der Waals surface area contributed by atoms with E-state index in [1.165, 1.54) is 0 Å². The van der Waals surface area contributed by atoms with Crippen LogP contribution in [-0.2, 0) is 7.05 Å². The van der Waals surface area contributed by atoms with Crippen molar-refractivity contribution in [2.45, 2.75) is 0 Å². The Bertz CT molecular complexity index is 938. The Kier molecular flexibility index (Phi) is 2.28. The zero-order chi connectivity index (χ0) is 13.7. The van der Waals surface area contributed by atoms with Crippen molar-refractivity contribution < 1.29 is 0 Å². The number of halogens is 1. The van der Waals surface area contributed by atoms with Crippen molar-refractivity contribution in [3.05, 3.63) is 36.0 Å². The summed E-state index contributed by atoms with van der Waals surface area (Å²) in [5.41, 5.74) is 4.16. The van der Waals surface area contributed by atoms with E-state index in [9.17, 15) is 0 Å². The Balaban J connectivity index is 2.14. The summed E-state index contributed by atoms with van der Waals surface area (Å²) in [5.74, 6) is 0. The molecule has 20 heavy (non-hydrogen) atoms. The quantitative estimate of drug-likeness (QED) is 0.545. The van der Waals surface area contributed by atoms with Crippen LogP contribution in [0.4, 0.5) is 0 Å². The first kappa shape index (κ1) is 11.4. The number of aryl methyl sites for hydroxylation is 1. The van der Waals surface area contributed by atoms with E-state index < -0.39 is 0 Å². The zero-order valence-corrected chi connectivity index (χ0v) is 11.3. The smallest absolute Gasteiger partial charge is 0.225 e. The topological polar surface area (TPSA) is 72.3 Å². The molecular weight excluding hydrogens is 276 g/mol. The van der Waals surface area contributed by atoms with Crippen molar-refractivity contribution in [2.24, 2.45) is 7.05 Å². The standard InChI is InChI=1S/C13H9ClN6/c1-20-12-8(5-17-20)10(18-13(14)19-12)7-3-2-4-9-11(7)16-6-15-9/h2-6H,1H3,(H,15,16). The molecule has 0 aliphatic heterocycles. The van der Waals surface area contributed by atoms with Gasteiger partial charge in [-0.2, -0.15) is 10.1 Å². The van der Waals surface area contributed by atoms with Crippen molar-refractivity contribution in [2.75, 3.05) is 0 Å². The lowest BCUT2D eigenvalue weighted by atomic mass is 10.1. The number of hydrogen-bond donors (Lipinski definition) is 1. The molecule has 0 saturated heterocycles. The molecule has 3 aromatic heterocycles. The molecule has 0 atom stereocenters. The highest BCUT2D eigenvalue weighted by Gasteiger charge is 2.15. The fourth-order valence-corrected chi connectivity index (χ4v) is 2.52. The van der Waals surface area contributed by atoms with E-state index in [0.717, 1.165) is 27.7 Å². The molecule has 4 rings (SSSR count). The molecule has 0 bridgehead atoms. The Morgan fingerprint density at radius 1 is 1.25 bits per heavy atom. The average molecular weight is 285 g/mol. The van der Waals surface area contributed by atoms with E-state index >= 15 is 0 Å². The predicted molar refractivity (Wildman–Crippen MR) is 76.4 cm³/mol. The summed E-state index contributed by atoms with van der Waals surface area (Å²) in [5, 5.41) is 5.27. The summed E-state index contributed by atoms with van der Waals surface area (Å²) in [6.07, 6.45) is 3.41. The fourth-order valence-electron chi connectivity index (χ4n) is 2.36. The zero-order valence-electron chi connectivity index (χ0n) is 10.5. The Morgan fingerprint density at radius 2 is 2.15 bits per heavy atom. The summed E-state index contributed by atoms with van der Waals surface area (Å²) < 4.78 is 1.68. The molecule has 0 saturated carbocycles. The second-order valence-corrected chi connectivity index (χ2v) is 4.79. The molecule has 7 heteroatoms. The summed E-state index contributed by atoms with van der Waals surface area (Å²) >= 11 is 6.04. The molecule has 0 unspecified atom stereocenters. The van der Waals surface area contributed by atoms with Gasteiger partial charge in [-0.15, -0.1) is 0 Å². The molecule has 0 amide bonds. The molecular formula is C13H9ClN6. The monoisotopic (exact) mass is 284 g/mol. The highest BCUT2D eigenvalue weighted by molar-refractivity contribution is 6.28. The van der Waals surface area contributed by atoms with Crippen molar-refractivity contribution in [1.29, 1.82) is 0 Å². The van der Waals surface area contributed by atoms with Gasteiger partial charge >= 0.3 is 0 Å². The van der Waals surface area contributed by atoms with Crippen LogP contribution in [0.15, 0.2) is 30.7 Å². The molecule has 1 N–H and O–H groups in total. The van der Waals surface area contributed by atoms with Crippen LogP contribution in [0, 0.1) is 0 Å². The largest absolute Gasteiger partial charge is 0.345 e. The number of para-hydroxylation sites is 1. The van der Waals surface area contributed by atoms with E-state index in [0.29, 0.717) is 5.65 Å². The number of aromatic amines is 1. The number of fused-ring (bicyclic) bond motifs is 2. The van der Waals surface area contributed by atoms with Crippen LogP contribution in [0.2, 0.25) is 5.28 Å². The van der Waals surface area contributed by atoms with Crippen LogP contribution in [0.25, 0.3) is 33.3 Å². The van der Waals surface area contributed by atoms with Gasteiger partial charge in [-0.1, -0.05) is 12.1 Å². The highest BCUT2D eigenvalue weighted by atomic mass is 35.5. The lowest BCUT2D eigenvalue weighted by Gasteiger charge is -2.04. The number of hydrogen-bond acceptors (Lipinski definition) is 4. The number of rotatable bonds is 1. The van der Waals surface area contributed by atoms with Crippen molar-refractivity contribution in [3.63, 3.8) is 0 Å². The van der Waals surface area contributed by atoms with E-state index in [1.54, 1.807) is 17.2 Å². The number of imidazole rings is 1. The SMILES string of the molecule is Cn1ncc2c(-c3cccc4[nH]cnc34)nc(Cl)nc21. The maximum atomic E-state index is 6.04. The second kappa shape index (κ2) is 4.01. The number of aromatic nitrogens is 6. The van der Waals surface area contributed by atoms with Gasteiger partial charge in [-0.25, -0.2) is 9.97 Å². The van der Waals surface area contributed by atoms with Gasteiger partial charge in [0.1, 0.15) is 0 Å². The summed E-state index contributed by atoms with van der Waals surface area (Å²) in [4.78, 5) is 16.0. The van der Waals surface area contributed by atoms with Gasteiger partial charge in [-0.05, 0) is 17.7 Å². The normalized spacial score (nSPS) is 11.5. The third-order valence-corrected chi connectivity index (χ3v) is 3.44. The third kappa shape index (κ3) is 1.51. The molecule has 1 aromatic carbocycles. The Labute approximate surface area is 118 Å². The van der Waals surface area contributed by atoms with Crippen LogP contribution in [0.3, 0.4) is 0 Å². The maximum absolute atomic E-state index is 6.04. The van der Waals surface area contributed by atoms with Gasteiger partial charge in [0, 0.05) is 12.6 Å². The first-order valence-corrected chi connectivity index (χ1v) is 6.39. The summed E-state index contributed by atoms with van der Waals surface area (Å²) in [6, 6.07) is 5.89. The number of nitrogens with zero attached hydrogens (tertiary/aromatic N) is 5. The third-order valence-electron chi connectivity index (χ3n) is 3.27. The second-order valence-electron chi connectivity index (χ2n) is 4.45. The van der Waals surface area contributed by atoms with Crippen LogP contribution in [0.1, 0.15) is 0 Å². The molecule has 0 fully saturated rings. The fraction of sp³-hybridized carbons (Fsp3) is 0.0769. The van der Waals surface area contributed by atoms with Crippen molar-refractivity contribution in [1.82, 2.24) is 29.7 Å². The van der Waals surface area contributed by atoms with Gasteiger partial charge in [0.05, 0.1) is 34.6 Å². The first-order valence-electron chi connectivity index (χ1n) is 6.02. The molecule has 98 valence electrons. The van der Waals surface area contributed by atoms with Gasteiger partial charge < -0.3 is 4.98 Å². The lowest BCUT2D eigenvalue weighted by molar-refractivity contribution is 0.785. The van der Waals surface area contributed by atoms with E-state index in [4.69, 9.17) is 11.6 Å². The van der Waals surface area contributed by atoms with E-state index in [1.807, 2.05) is 25.2 Å². The number of H-pyrrole nitrogens is 1. The minimum atomic E-state index is 0.198. The first-order chi connectivity index (χ1) is 9.74. The number of nitrogens with one attached hydrogen (secondary N) is 1. The summed E-state index contributed by atoms with van der Waals surface area (Å²) in [6.45, 7) is 0. The van der Waals surface area contributed by atoms with Crippen LogP contribution < -0.4 is 0 Å². The predicted octanol–water partition coefficient (Wildman–Crippen LogP) is 2.56. The minimum absolute atomic E-state index is 0.198. The van der Waals surface area contributed by atoms with Crippen LogP contribution >= 0.6 is 11.6 Å². The van der Waals surface area contributed by atoms with E-state index in [-0.39, 0.29) is 5.28 Å². The van der Waals surface area contributed by atoms with Gasteiger partial charge in [0.25, 0.3) is 0 Å². The van der Waals surface area contributed by atoms with Crippen molar-refractivity contribution in [3.8, 4) is 11.3 Å². The Hall–Kier alpha value is -2.47. The van der Waals surface area contributed by atoms with Gasteiger partial charge in [0.15, 0.2) is 5.65 Å².